The van der Waals surface area contributed by atoms with Crippen molar-refractivity contribution in [3.8, 4) is 0 Å². The zero-order valence-corrected chi connectivity index (χ0v) is 10.5. The highest BCUT2D eigenvalue weighted by molar-refractivity contribution is 5.89. The molecule has 0 aromatic carbocycles. The first kappa shape index (κ1) is 15.7. The van der Waals surface area contributed by atoms with Gasteiger partial charge in [-0.2, -0.15) is 0 Å². The largest absolute Gasteiger partial charge is 0.499 e. The van der Waals surface area contributed by atoms with Gasteiger partial charge in [-0.25, -0.2) is 4.79 Å². The molecule has 0 aliphatic carbocycles. The monoisotopic (exact) mass is 278 g/mol. The maximum Gasteiger partial charge on any atom is 0.378 e. The lowest BCUT2D eigenvalue weighted by Crippen LogP contribution is -2.34. The predicted molar refractivity (Wildman–Crippen MR) is 61.1 cm³/mol. The second-order valence-electron chi connectivity index (χ2n) is 3.86. The zero-order valence-electron chi connectivity index (χ0n) is 10.5. The highest BCUT2D eigenvalue weighted by atomic mass is 16.6. The first-order valence-electron chi connectivity index (χ1n) is 5.83. The maximum absolute atomic E-state index is 11.2. The lowest BCUT2D eigenvalue weighted by atomic mass is 10.2. The minimum Gasteiger partial charge on any atom is -0.499 e. The Hall–Kier alpha value is -1.35. The second kappa shape index (κ2) is 7.29. The van der Waals surface area contributed by atoms with Crippen molar-refractivity contribution in [1.29, 1.82) is 0 Å². The number of hydrogen-bond acceptors (Lipinski definition) is 8. The molecule has 0 saturated carbocycles. The summed E-state index contributed by atoms with van der Waals surface area (Å²) in [6, 6.07) is 0. The number of carbonyl (C=O) groups is 1. The quantitative estimate of drug-likeness (QED) is 0.393. The molecule has 8 heteroatoms. The van der Waals surface area contributed by atoms with E-state index in [1.54, 1.807) is 6.92 Å². The third-order valence-corrected chi connectivity index (χ3v) is 2.49. The Morgan fingerprint density at radius 2 is 2.05 bits per heavy atom. The second-order valence-corrected chi connectivity index (χ2v) is 3.86. The van der Waals surface area contributed by atoms with Gasteiger partial charge >= 0.3 is 5.97 Å². The number of aliphatic hydroxyl groups is 4. The fourth-order valence-corrected chi connectivity index (χ4v) is 1.53. The van der Waals surface area contributed by atoms with E-state index in [0.29, 0.717) is 6.61 Å². The van der Waals surface area contributed by atoms with Crippen molar-refractivity contribution in [3.05, 3.63) is 11.5 Å². The normalized spacial score (nSPS) is 22.3. The third-order valence-electron chi connectivity index (χ3n) is 2.49. The lowest BCUT2D eigenvalue weighted by molar-refractivity contribution is -0.148. The molecule has 1 unspecified atom stereocenters. The summed E-state index contributed by atoms with van der Waals surface area (Å²) in [5.41, 5.74) is 0. The van der Waals surface area contributed by atoms with E-state index < -0.39 is 36.6 Å². The maximum atomic E-state index is 11.2. The minimum absolute atomic E-state index is 0.130. The molecule has 0 aromatic heterocycles. The number of rotatable bonds is 8. The Bertz CT molecular complexity index is 340. The van der Waals surface area contributed by atoms with Gasteiger partial charge < -0.3 is 34.6 Å². The SMILES string of the molecule is CCOC(CO)COC1=C(O)C(=O)O[C@@H]1[C@@H](O)CO. The summed E-state index contributed by atoms with van der Waals surface area (Å²) in [6.45, 7) is 1.00. The molecule has 1 aliphatic heterocycles. The van der Waals surface area contributed by atoms with Gasteiger partial charge in [0.1, 0.15) is 18.8 Å². The molecule has 19 heavy (non-hydrogen) atoms. The van der Waals surface area contributed by atoms with Gasteiger partial charge in [0, 0.05) is 6.61 Å². The van der Waals surface area contributed by atoms with E-state index in [1.165, 1.54) is 0 Å². The Morgan fingerprint density at radius 3 is 2.58 bits per heavy atom. The van der Waals surface area contributed by atoms with Crippen molar-refractivity contribution in [2.24, 2.45) is 0 Å². The molecule has 0 spiro atoms. The van der Waals surface area contributed by atoms with Crippen LogP contribution < -0.4 is 0 Å². The molecule has 4 N–H and O–H groups in total. The van der Waals surface area contributed by atoms with Gasteiger partial charge in [-0.15, -0.1) is 0 Å². The Labute approximate surface area is 109 Å². The van der Waals surface area contributed by atoms with E-state index in [-0.39, 0.29) is 19.0 Å². The average molecular weight is 278 g/mol. The van der Waals surface area contributed by atoms with Crippen LogP contribution in [0.2, 0.25) is 0 Å². The van der Waals surface area contributed by atoms with Crippen LogP contribution in [0.3, 0.4) is 0 Å². The van der Waals surface area contributed by atoms with Crippen molar-refractivity contribution in [2.75, 3.05) is 26.4 Å². The average Bonchev–Trinajstić information content (AvgIpc) is 2.70. The van der Waals surface area contributed by atoms with Gasteiger partial charge in [-0.3, -0.25) is 0 Å². The van der Waals surface area contributed by atoms with E-state index >= 15 is 0 Å². The van der Waals surface area contributed by atoms with Crippen molar-refractivity contribution in [2.45, 2.75) is 25.2 Å². The topological polar surface area (TPSA) is 126 Å². The van der Waals surface area contributed by atoms with Gasteiger partial charge in [-0.1, -0.05) is 0 Å². The zero-order chi connectivity index (χ0) is 14.4. The molecule has 3 atom stereocenters. The van der Waals surface area contributed by atoms with Crippen molar-refractivity contribution in [3.63, 3.8) is 0 Å². The number of hydrogen-bond donors (Lipinski definition) is 4. The summed E-state index contributed by atoms with van der Waals surface area (Å²) >= 11 is 0. The van der Waals surface area contributed by atoms with E-state index in [9.17, 15) is 15.0 Å². The van der Waals surface area contributed by atoms with E-state index in [4.69, 9.17) is 19.7 Å². The molecular weight excluding hydrogens is 260 g/mol. The standard InChI is InChI=1S/C11H18O8/c1-2-17-6(3-12)5-18-10-8(15)11(16)19-9(10)7(14)4-13/h6-7,9,12-15H,2-5H2,1H3/t6?,7-,9+/m0/s1. The Morgan fingerprint density at radius 1 is 1.37 bits per heavy atom. The fourth-order valence-electron chi connectivity index (χ4n) is 1.53. The molecule has 1 heterocycles. The van der Waals surface area contributed by atoms with E-state index in [2.05, 4.69) is 4.74 Å². The van der Waals surface area contributed by atoms with Crippen LogP contribution in [-0.4, -0.2) is 71.1 Å². The number of cyclic esters (lactones) is 1. The molecule has 8 nitrogen and oxygen atoms in total. The highest BCUT2D eigenvalue weighted by Gasteiger charge is 2.40. The van der Waals surface area contributed by atoms with Crippen LogP contribution in [0.4, 0.5) is 0 Å². The molecule has 0 radical (unpaired) electrons. The van der Waals surface area contributed by atoms with Crippen molar-refractivity contribution < 1.29 is 39.4 Å². The summed E-state index contributed by atoms with van der Waals surface area (Å²) in [4.78, 5) is 11.2. The molecule has 0 aromatic rings. The van der Waals surface area contributed by atoms with E-state index in [0.717, 1.165) is 0 Å². The lowest BCUT2D eigenvalue weighted by Gasteiger charge is -2.20. The molecule has 0 saturated heterocycles. The van der Waals surface area contributed by atoms with Gasteiger partial charge in [0.05, 0.1) is 13.2 Å². The third kappa shape index (κ3) is 3.80. The predicted octanol–water partition coefficient (Wildman–Crippen LogP) is -1.55. The molecule has 0 amide bonds. The number of aliphatic hydroxyl groups excluding tert-OH is 4. The highest BCUT2D eigenvalue weighted by Crippen LogP contribution is 2.25. The summed E-state index contributed by atoms with van der Waals surface area (Å²) in [5, 5.41) is 36.8. The van der Waals surface area contributed by atoms with Crippen LogP contribution >= 0.6 is 0 Å². The van der Waals surface area contributed by atoms with Crippen LogP contribution in [-0.2, 0) is 19.0 Å². The summed E-state index contributed by atoms with van der Waals surface area (Å²) in [7, 11) is 0. The fraction of sp³-hybridized carbons (Fsp3) is 0.727. The minimum atomic E-state index is -1.40. The molecule has 110 valence electrons. The smallest absolute Gasteiger partial charge is 0.378 e. The molecule has 1 aliphatic rings. The number of ether oxygens (including phenoxy) is 3. The summed E-state index contributed by atoms with van der Waals surface area (Å²) in [5.74, 6) is -2.07. The summed E-state index contributed by atoms with van der Waals surface area (Å²) in [6.07, 6.45) is -3.30. The van der Waals surface area contributed by atoms with Crippen LogP contribution in [0, 0.1) is 0 Å². The van der Waals surface area contributed by atoms with Crippen LogP contribution in [0.15, 0.2) is 11.5 Å². The van der Waals surface area contributed by atoms with Gasteiger partial charge in [0.25, 0.3) is 0 Å². The Kier molecular flexibility index (Phi) is 6.03. The number of esters is 1. The van der Waals surface area contributed by atoms with Crippen LogP contribution in [0.5, 0.6) is 0 Å². The van der Waals surface area contributed by atoms with Crippen LogP contribution in [0.1, 0.15) is 6.92 Å². The molecule has 0 bridgehead atoms. The van der Waals surface area contributed by atoms with Crippen molar-refractivity contribution in [1.82, 2.24) is 0 Å². The van der Waals surface area contributed by atoms with Crippen LogP contribution in [0.25, 0.3) is 0 Å². The summed E-state index contributed by atoms with van der Waals surface area (Å²) < 4.78 is 14.9. The van der Waals surface area contributed by atoms with Gasteiger partial charge in [-0.05, 0) is 6.92 Å². The molecule has 0 fully saturated rings. The number of carbonyl (C=O) groups excluding carboxylic acids is 1. The van der Waals surface area contributed by atoms with Gasteiger partial charge in [0.2, 0.25) is 5.76 Å². The Balaban J connectivity index is 2.69. The molecular formula is C11H18O8. The first-order chi connectivity index (χ1) is 9.04. The van der Waals surface area contributed by atoms with Gasteiger partial charge in [0.15, 0.2) is 11.9 Å². The van der Waals surface area contributed by atoms with E-state index in [1.807, 2.05) is 0 Å². The molecule has 1 rings (SSSR count). The van der Waals surface area contributed by atoms with Crippen molar-refractivity contribution >= 4 is 5.97 Å². The first-order valence-corrected chi connectivity index (χ1v) is 5.83.